The quantitative estimate of drug-likeness (QED) is 0.796. The maximum atomic E-state index is 12.6. The van der Waals surface area contributed by atoms with Crippen LogP contribution in [0.2, 0.25) is 0 Å². The largest absolute Gasteiger partial charge is 0.493 e. The summed E-state index contributed by atoms with van der Waals surface area (Å²) in [5.74, 6) is 3.02. The Kier molecular flexibility index (Phi) is 5.65. The topological polar surface area (TPSA) is 74.6 Å². The second-order valence-corrected chi connectivity index (χ2v) is 7.86. The van der Waals surface area contributed by atoms with E-state index in [9.17, 15) is 4.79 Å². The lowest BCUT2D eigenvalue weighted by molar-refractivity contribution is -0.116. The van der Waals surface area contributed by atoms with Crippen molar-refractivity contribution in [1.29, 1.82) is 0 Å². The molecule has 1 N–H and O–H groups in total. The molecule has 0 radical (unpaired) electrons. The minimum Gasteiger partial charge on any atom is -0.493 e. The summed E-state index contributed by atoms with van der Waals surface area (Å²) in [6.45, 7) is 0.853. The zero-order valence-electron chi connectivity index (χ0n) is 17.4. The number of carbonyl (C=O) groups excluding carboxylic acids is 1. The molecule has 1 amide bonds. The number of hydrogen-bond donors (Lipinski definition) is 1. The van der Waals surface area contributed by atoms with Crippen LogP contribution in [0, 0.1) is 5.92 Å². The van der Waals surface area contributed by atoms with Crippen LogP contribution in [0.25, 0.3) is 0 Å². The molecule has 1 atom stereocenters. The van der Waals surface area contributed by atoms with Gasteiger partial charge in [-0.1, -0.05) is 25.3 Å². The standard InChI is InChI=1S/C22H29N3O4/c1-27-18-10-9-15(20(28-2)21(18)29-3)16-11-19(26)24-22-17(16)12-23-25(22)13-14-7-5-4-6-8-14/h9-10,12,14,16H,4-8,11,13H2,1-3H3,(H,24,26). The van der Waals surface area contributed by atoms with E-state index in [1.807, 2.05) is 23.0 Å². The maximum absolute atomic E-state index is 12.6. The fourth-order valence-electron chi connectivity index (χ4n) is 4.70. The van der Waals surface area contributed by atoms with E-state index in [0.717, 1.165) is 23.5 Å². The van der Waals surface area contributed by atoms with Crippen LogP contribution in [0.1, 0.15) is 55.6 Å². The van der Waals surface area contributed by atoms with Crippen molar-refractivity contribution in [3.8, 4) is 17.2 Å². The van der Waals surface area contributed by atoms with Crippen molar-refractivity contribution in [2.45, 2.75) is 51.0 Å². The van der Waals surface area contributed by atoms with Crippen LogP contribution in [0.5, 0.6) is 17.2 Å². The van der Waals surface area contributed by atoms with Crippen LogP contribution >= 0.6 is 0 Å². The zero-order chi connectivity index (χ0) is 20.4. The average molecular weight is 399 g/mol. The van der Waals surface area contributed by atoms with Gasteiger partial charge in [-0.15, -0.1) is 0 Å². The Morgan fingerprint density at radius 3 is 2.48 bits per heavy atom. The van der Waals surface area contributed by atoms with E-state index in [1.165, 1.54) is 32.1 Å². The van der Waals surface area contributed by atoms with Crippen molar-refractivity contribution in [1.82, 2.24) is 9.78 Å². The molecule has 2 heterocycles. The number of fused-ring (bicyclic) bond motifs is 1. The first-order valence-electron chi connectivity index (χ1n) is 10.3. The Hall–Kier alpha value is -2.70. The summed E-state index contributed by atoms with van der Waals surface area (Å²) in [6, 6.07) is 3.81. The number of ether oxygens (including phenoxy) is 3. The molecule has 1 saturated carbocycles. The molecule has 1 aromatic carbocycles. The third kappa shape index (κ3) is 3.66. The molecule has 7 heteroatoms. The second-order valence-electron chi connectivity index (χ2n) is 7.86. The molecule has 1 aliphatic carbocycles. The summed E-state index contributed by atoms with van der Waals surface area (Å²) in [5, 5.41) is 7.69. The Labute approximate surface area is 171 Å². The second kappa shape index (κ2) is 8.35. The summed E-state index contributed by atoms with van der Waals surface area (Å²) in [7, 11) is 4.79. The molecule has 1 fully saturated rings. The van der Waals surface area contributed by atoms with E-state index in [0.29, 0.717) is 29.6 Å². The maximum Gasteiger partial charge on any atom is 0.226 e. The number of benzene rings is 1. The predicted octanol–water partition coefficient (Wildman–Crippen LogP) is 3.96. The summed E-state index contributed by atoms with van der Waals surface area (Å²) in [6.07, 6.45) is 8.58. The molecule has 156 valence electrons. The number of carbonyl (C=O) groups is 1. The van der Waals surface area contributed by atoms with Gasteiger partial charge in [0.2, 0.25) is 11.7 Å². The Morgan fingerprint density at radius 1 is 1.03 bits per heavy atom. The molecule has 2 aliphatic rings. The molecule has 0 spiro atoms. The van der Waals surface area contributed by atoms with Gasteiger partial charge < -0.3 is 19.5 Å². The first-order chi connectivity index (χ1) is 14.2. The normalized spacial score (nSPS) is 19.4. The highest BCUT2D eigenvalue weighted by Gasteiger charge is 2.33. The summed E-state index contributed by atoms with van der Waals surface area (Å²) < 4.78 is 18.6. The van der Waals surface area contributed by atoms with E-state index in [1.54, 1.807) is 21.3 Å². The molecule has 4 rings (SSSR count). The van der Waals surface area contributed by atoms with Gasteiger partial charge in [-0.2, -0.15) is 5.10 Å². The monoisotopic (exact) mass is 399 g/mol. The molecule has 1 aliphatic heterocycles. The van der Waals surface area contributed by atoms with E-state index >= 15 is 0 Å². The van der Waals surface area contributed by atoms with Gasteiger partial charge in [0.15, 0.2) is 11.5 Å². The Morgan fingerprint density at radius 2 is 1.79 bits per heavy atom. The van der Waals surface area contributed by atoms with Crippen LogP contribution in [0.4, 0.5) is 5.82 Å². The number of amides is 1. The number of nitrogens with zero attached hydrogens (tertiary/aromatic N) is 2. The highest BCUT2D eigenvalue weighted by molar-refractivity contribution is 5.94. The van der Waals surface area contributed by atoms with Crippen LogP contribution in [-0.2, 0) is 11.3 Å². The van der Waals surface area contributed by atoms with Gasteiger partial charge >= 0.3 is 0 Å². The molecular weight excluding hydrogens is 370 g/mol. The minimum absolute atomic E-state index is 0.00951. The first-order valence-corrected chi connectivity index (χ1v) is 10.3. The molecule has 29 heavy (non-hydrogen) atoms. The van der Waals surface area contributed by atoms with Gasteiger partial charge in [0, 0.05) is 30.0 Å². The van der Waals surface area contributed by atoms with Crippen molar-refractivity contribution in [2.75, 3.05) is 26.6 Å². The lowest BCUT2D eigenvalue weighted by atomic mass is 9.86. The molecule has 0 saturated heterocycles. The number of methoxy groups -OCH3 is 3. The molecule has 1 unspecified atom stereocenters. The third-order valence-corrected chi connectivity index (χ3v) is 6.16. The molecule has 0 bridgehead atoms. The van der Waals surface area contributed by atoms with Gasteiger partial charge in [-0.25, -0.2) is 4.68 Å². The van der Waals surface area contributed by atoms with Gasteiger partial charge in [0.25, 0.3) is 0 Å². The highest BCUT2D eigenvalue weighted by Crippen LogP contribution is 2.47. The van der Waals surface area contributed by atoms with Crippen LogP contribution in [0.3, 0.4) is 0 Å². The number of aromatic nitrogens is 2. The van der Waals surface area contributed by atoms with Crippen molar-refractivity contribution in [3.63, 3.8) is 0 Å². The van der Waals surface area contributed by atoms with Gasteiger partial charge in [-0.05, 0) is 24.8 Å². The van der Waals surface area contributed by atoms with E-state index in [4.69, 9.17) is 14.2 Å². The predicted molar refractivity (Wildman–Crippen MR) is 110 cm³/mol. The van der Waals surface area contributed by atoms with E-state index < -0.39 is 0 Å². The fourth-order valence-corrected chi connectivity index (χ4v) is 4.70. The average Bonchev–Trinajstić information content (AvgIpc) is 3.15. The summed E-state index contributed by atoms with van der Waals surface area (Å²) in [5.41, 5.74) is 1.92. The van der Waals surface area contributed by atoms with Crippen LogP contribution in [0.15, 0.2) is 18.3 Å². The lowest BCUT2D eigenvalue weighted by Crippen LogP contribution is -2.26. The minimum atomic E-state index is -0.145. The third-order valence-electron chi connectivity index (χ3n) is 6.16. The summed E-state index contributed by atoms with van der Waals surface area (Å²) >= 11 is 0. The van der Waals surface area contributed by atoms with Crippen LogP contribution < -0.4 is 19.5 Å². The fraction of sp³-hybridized carbons (Fsp3) is 0.545. The SMILES string of the molecule is COc1ccc(C2CC(=O)Nc3c2cnn3CC2CCCCC2)c(OC)c1OC. The van der Waals surface area contributed by atoms with Gasteiger partial charge in [-0.3, -0.25) is 4.79 Å². The van der Waals surface area contributed by atoms with Crippen molar-refractivity contribution >= 4 is 11.7 Å². The van der Waals surface area contributed by atoms with Gasteiger partial charge in [0.05, 0.1) is 27.5 Å². The Bertz CT molecular complexity index is 886. The molecule has 7 nitrogen and oxygen atoms in total. The number of anilines is 1. The van der Waals surface area contributed by atoms with Crippen molar-refractivity contribution < 1.29 is 19.0 Å². The van der Waals surface area contributed by atoms with E-state index in [-0.39, 0.29) is 11.8 Å². The Balaban J connectivity index is 1.71. The van der Waals surface area contributed by atoms with E-state index in [2.05, 4.69) is 10.4 Å². The zero-order valence-corrected chi connectivity index (χ0v) is 17.4. The molecule has 1 aromatic heterocycles. The number of rotatable bonds is 6. The molecular formula is C22H29N3O4. The molecule has 2 aromatic rings. The first kappa shape index (κ1) is 19.6. The number of nitrogens with one attached hydrogen (secondary N) is 1. The van der Waals surface area contributed by atoms with Crippen molar-refractivity contribution in [3.05, 3.63) is 29.5 Å². The lowest BCUT2D eigenvalue weighted by Gasteiger charge is -2.27. The number of hydrogen-bond acceptors (Lipinski definition) is 5. The summed E-state index contributed by atoms with van der Waals surface area (Å²) in [4.78, 5) is 12.6. The smallest absolute Gasteiger partial charge is 0.226 e. The van der Waals surface area contributed by atoms with Crippen LogP contribution in [-0.4, -0.2) is 37.0 Å². The highest BCUT2D eigenvalue weighted by atomic mass is 16.5. The van der Waals surface area contributed by atoms with Gasteiger partial charge in [0.1, 0.15) is 5.82 Å². The van der Waals surface area contributed by atoms with Crippen molar-refractivity contribution in [2.24, 2.45) is 5.92 Å².